The van der Waals surface area contributed by atoms with E-state index in [9.17, 15) is 0 Å². The Balaban J connectivity index is 1.92. The van der Waals surface area contributed by atoms with E-state index < -0.39 is 0 Å². The summed E-state index contributed by atoms with van der Waals surface area (Å²) in [4.78, 5) is 14.2. The number of aryl methyl sites for hydroxylation is 2. The van der Waals surface area contributed by atoms with Crippen LogP contribution in [0.15, 0.2) is 71.2 Å². The van der Waals surface area contributed by atoms with Crippen LogP contribution < -0.4 is 5.46 Å². The monoisotopic (exact) mass is 425 g/mol. The van der Waals surface area contributed by atoms with Crippen molar-refractivity contribution in [2.75, 3.05) is 0 Å². The minimum absolute atomic E-state index is 0.592. The number of aromatic nitrogens is 3. The Bertz CT molecular complexity index is 1060. The number of nitrogens with zero attached hydrogens (tertiary/aromatic N) is 3. The second-order valence-electron chi connectivity index (χ2n) is 6.81. The number of hydrogen-bond donors (Lipinski definition) is 0. The zero-order valence-electron chi connectivity index (χ0n) is 15.6. The summed E-state index contributed by atoms with van der Waals surface area (Å²) in [7, 11) is 6.03. The molecule has 0 unspecified atom stereocenters. The molecule has 0 aliphatic heterocycles. The van der Waals surface area contributed by atoms with Gasteiger partial charge in [-0.2, -0.15) is 0 Å². The molecule has 0 spiro atoms. The van der Waals surface area contributed by atoms with Gasteiger partial charge in [0.15, 0.2) is 17.5 Å². The number of hydrogen-bond acceptors (Lipinski definition) is 3. The van der Waals surface area contributed by atoms with Crippen molar-refractivity contribution in [3.05, 3.63) is 82.3 Å². The van der Waals surface area contributed by atoms with Crippen LogP contribution in [0.5, 0.6) is 0 Å². The van der Waals surface area contributed by atoms with E-state index in [2.05, 4.69) is 54.0 Å². The summed E-state index contributed by atoms with van der Waals surface area (Å²) >= 11 is 3.50. The Morgan fingerprint density at radius 2 is 1.04 bits per heavy atom. The minimum Gasteiger partial charge on any atom is -0.208 e. The summed E-state index contributed by atoms with van der Waals surface area (Å²) < 4.78 is 0.886. The van der Waals surface area contributed by atoms with Crippen LogP contribution in [0, 0.1) is 13.8 Å². The van der Waals surface area contributed by atoms with Crippen LogP contribution in [0.1, 0.15) is 11.1 Å². The molecule has 0 N–H and O–H groups in total. The van der Waals surface area contributed by atoms with Crippen molar-refractivity contribution in [2.24, 2.45) is 0 Å². The zero-order valence-corrected chi connectivity index (χ0v) is 17.2. The second-order valence-corrected chi connectivity index (χ2v) is 7.73. The van der Waals surface area contributed by atoms with Gasteiger partial charge in [0, 0.05) is 21.2 Å². The van der Waals surface area contributed by atoms with Gasteiger partial charge in [0.1, 0.15) is 7.85 Å². The highest BCUT2D eigenvalue weighted by atomic mass is 79.9. The molecule has 0 amide bonds. The van der Waals surface area contributed by atoms with Crippen LogP contribution >= 0.6 is 15.9 Å². The molecule has 4 aromatic rings. The lowest BCUT2D eigenvalue weighted by molar-refractivity contribution is 1.07. The Kier molecular flexibility index (Phi) is 5.10. The van der Waals surface area contributed by atoms with Gasteiger partial charge in [-0.3, -0.25) is 0 Å². The van der Waals surface area contributed by atoms with Gasteiger partial charge in [-0.15, -0.1) is 0 Å². The van der Waals surface area contributed by atoms with Crippen molar-refractivity contribution < 1.29 is 0 Å². The van der Waals surface area contributed by atoms with Gasteiger partial charge in [-0.25, -0.2) is 15.0 Å². The summed E-state index contributed by atoms with van der Waals surface area (Å²) in [6.07, 6.45) is 0. The largest absolute Gasteiger partial charge is 0.208 e. The molecule has 0 fully saturated rings. The number of rotatable bonds is 3. The van der Waals surface area contributed by atoms with Gasteiger partial charge >= 0.3 is 0 Å². The molecule has 3 nitrogen and oxygen atoms in total. The first-order valence-electron chi connectivity index (χ1n) is 8.94. The molecule has 0 aliphatic carbocycles. The van der Waals surface area contributed by atoms with E-state index in [0.29, 0.717) is 22.9 Å². The maximum absolute atomic E-state index is 6.03. The van der Waals surface area contributed by atoms with Gasteiger partial charge < -0.3 is 0 Å². The van der Waals surface area contributed by atoms with Crippen molar-refractivity contribution in [2.45, 2.75) is 13.8 Å². The zero-order chi connectivity index (χ0) is 19.7. The van der Waals surface area contributed by atoms with Gasteiger partial charge in [-0.05, 0) is 19.9 Å². The molecule has 5 heteroatoms. The Morgan fingerprint density at radius 1 is 0.607 bits per heavy atom. The molecule has 0 saturated carbocycles. The van der Waals surface area contributed by atoms with E-state index in [-0.39, 0.29) is 0 Å². The quantitative estimate of drug-likeness (QED) is 0.431. The molecule has 4 rings (SSSR count). The maximum atomic E-state index is 6.03. The lowest BCUT2D eigenvalue weighted by atomic mass is 9.94. The highest BCUT2D eigenvalue weighted by molar-refractivity contribution is 9.10. The molecule has 0 saturated heterocycles. The summed E-state index contributed by atoms with van der Waals surface area (Å²) in [5.74, 6) is 1.87. The third kappa shape index (κ3) is 4.05. The highest BCUT2D eigenvalue weighted by Crippen LogP contribution is 2.26. The van der Waals surface area contributed by atoms with E-state index in [0.717, 1.165) is 21.2 Å². The molecule has 0 aliphatic rings. The van der Waals surface area contributed by atoms with Crippen LogP contribution in [-0.4, -0.2) is 22.8 Å². The first kappa shape index (κ1) is 18.6. The van der Waals surface area contributed by atoms with Gasteiger partial charge in [-0.1, -0.05) is 93.2 Å². The Morgan fingerprint density at radius 3 is 1.46 bits per heavy atom. The fourth-order valence-electron chi connectivity index (χ4n) is 2.91. The SMILES string of the molecule is [B]c1cc(Br)cc(-c2nc(-c3ccc(C)cc3)nc(-c3ccc(C)cc3)n2)c1. The normalized spacial score (nSPS) is 10.8. The average molecular weight is 426 g/mol. The molecule has 0 bridgehead atoms. The van der Waals surface area contributed by atoms with Crippen LogP contribution in [0.4, 0.5) is 0 Å². The molecule has 28 heavy (non-hydrogen) atoms. The second kappa shape index (κ2) is 7.68. The van der Waals surface area contributed by atoms with Crippen LogP contribution in [0.25, 0.3) is 34.2 Å². The predicted octanol–water partition coefficient (Wildman–Crippen LogP) is 5.05. The van der Waals surface area contributed by atoms with E-state index in [1.165, 1.54) is 11.1 Å². The van der Waals surface area contributed by atoms with Crippen molar-refractivity contribution in [1.29, 1.82) is 0 Å². The Labute approximate surface area is 174 Å². The Hall–Kier alpha value is -2.79. The van der Waals surface area contributed by atoms with Crippen LogP contribution in [0.3, 0.4) is 0 Å². The van der Waals surface area contributed by atoms with E-state index in [1.54, 1.807) is 0 Å². The molecule has 1 aromatic heterocycles. The first-order valence-corrected chi connectivity index (χ1v) is 9.74. The van der Waals surface area contributed by atoms with Gasteiger partial charge in [0.2, 0.25) is 0 Å². The van der Waals surface area contributed by atoms with Crippen molar-refractivity contribution >= 4 is 29.2 Å². The summed E-state index contributed by atoms with van der Waals surface area (Å²) in [6, 6.07) is 22.0. The third-order valence-corrected chi connectivity index (χ3v) is 4.89. The van der Waals surface area contributed by atoms with E-state index >= 15 is 0 Å². The summed E-state index contributed by atoms with van der Waals surface area (Å²) in [6.45, 7) is 4.12. The summed E-state index contributed by atoms with van der Waals surface area (Å²) in [5.41, 5.74) is 5.78. The molecule has 1 heterocycles. The topological polar surface area (TPSA) is 38.7 Å². The molecule has 0 atom stereocenters. The first-order chi connectivity index (χ1) is 13.5. The van der Waals surface area contributed by atoms with Gasteiger partial charge in [0.25, 0.3) is 0 Å². The molecular weight excluding hydrogens is 409 g/mol. The fourth-order valence-corrected chi connectivity index (χ4v) is 3.42. The molecule has 3 aromatic carbocycles. The van der Waals surface area contributed by atoms with Crippen molar-refractivity contribution in [3.63, 3.8) is 0 Å². The molecular formula is C23H17BBrN3. The minimum atomic E-state index is 0.592. The van der Waals surface area contributed by atoms with Crippen LogP contribution in [-0.2, 0) is 0 Å². The predicted molar refractivity (Wildman–Crippen MR) is 119 cm³/mol. The molecule has 134 valence electrons. The lowest BCUT2D eigenvalue weighted by Crippen LogP contribution is -2.05. The van der Waals surface area contributed by atoms with Crippen molar-refractivity contribution in [3.8, 4) is 34.2 Å². The summed E-state index contributed by atoms with van der Waals surface area (Å²) in [5, 5.41) is 0. The standard InChI is InChI=1S/C23H17BBrN3/c1-14-3-7-16(8-4-14)21-26-22(17-9-5-15(2)6-10-17)28-23(27-21)18-11-19(24)13-20(25)12-18/h3-13H,1-2H3. The van der Waals surface area contributed by atoms with E-state index in [1.807, 2.05) is 42.5 Å². The number of halogens is 1. The van der Waals surface area contributed by atoms with Gasteiger partial charge in [0.05, 0.1) is 0 Å². The number of benzene rings is 3. The average Bonchev–Trinajstić information content (AvgIpc) is 2.68. The lowest BCUT2D eigenvalue weighted by Gasteiger charge is -2.10. The third-order valence-electron chi connectivity index (χ3n) is 4.43. The van der Waals surface area contributed by atoms with Crippen LogP contribution in [0.2, 0.25) is 0 Å². The molecule has 2 radical (unpaired) electrons. The fraction of sp³-hybridized carbons (Fsp3) is 0.0870. The van der Waals surface area contributed by atoms with E-state index in [4.69, 9.17) is 22.8 Å². The highest BCUT2D eigenvalue weighted by Gasteiger charge is 2.12. The maximum Gasteiger partial charge on any atom is 0.164 e. The van der Waals surface area contributed by atoms with Crippen molar-refractivity contribution in [1.82, 2.24) is 15.0 Å². The smallest absolute Gasteiger partial charge is 0.164 e.